The number of hydrogen-bond acceptors (Lipinski definition) is 5. The van der Waals surface area contributed by atoms with E-state index in [4.69, 9.17) is 4.74 Å². The van der Waals surface area contributed by atoms with Crippen molar-refractivity contribution in [3.63, 3.8) is 0 Å². The standard InChI is InChI=1S/C11H20N2O3S2/c1-4-13(5-6-16-3)18(14,15)11-7-10(8-12-2)17-9-11/h7,9,12H,4-6,8H2,1-3H3. The van der Waals surface area contributed by atoms with Crippen LogP contribution >= 0.6 is 11.3 Å². The van der Waals surface area contributed by atoms with E-state index in [2.05, 4.69) is 5.32 Å². The largest absolute Gasteiger partial charge is 0.383 e. The van der Waals surface area contributed by atoms with Crippen LogP contribution in [-0.2, 0) is 21.3 Å². The van der Waals surface area contributed by atoms with E-state index in [0.29, 0.717) is 31.1 Å². The maximum Gasteiger partial charge on any atom is 0.243 e. The van der Waals surface area contributed by atoms with Crippen LogP contribution in [0.4, 0.5) is 0 Å². The van der Waals surface area contributed by atoms with Crippen molar-refractivity contribution >= 4 is 21.4 Å². The number of rotatable bonds is 8. The van der Waals surface area contributed by atoms with Gasteiger partial charge in [-0.3, -0.25) is 0 Å². The third kappa shape index (κ3) is 3.76. The Bertz CT molecular complexity index is 457. The van der Waals surface area contributed by atoms with Gasteiger partial charge in [0.1, 0.15) is 0 Å². The number of methoxy groups -OCH3 is 1. The topological polar surface area (TPSA) is 58.6 Å². The van der Waals surface area contributed by atoms with E-state index in [1.807, 2.05) is 14.0 Å². The number of nitrogens with zero attached hydrogens (tertiary/aromatic N) is 1. The number of likely N-dealkylation sites (N-methyl/N-ethyl adjacent to an activating group) is 1. The lowest BCUT2D eigenvalue weighted by Crippen LogP contribution is -2.33. The minimum atomic E-state index is -3.38. The Balaban J connectivity index is 2.88. The van der Waals surface area contributed by atoms with Crippen molar-refractivity contribution in [1.82, 2.24) is 9.62 Å². The molecular formula is C11H20N2O3S2. The summed E-state index contributed by atoms with van der Waals surface area (Å²) in [7, 11) is 0.0188. The van der Waals surface area contributed by atoms with Crippen molar-refractivity contribution < 1.29 is 13.2 Å². The van der Waals surface area contributed by atoms with Gasteiger partial charge in [-0.25, -0.2) is 8.42 Å². The first kappa shape index (κ1) is 15.6. The monoisotopic (exact) mass is 292 g/mol. The maximum atomic E-state index is 12.3. The molecule has 0 aromatic carbocycles. The van der Waals surface area contributed by atoms with Crippen LogP contribution in [0.2, 0.25) is 0 Å². The Hall–Kier alpha value is -0.470. The minimum Gasteiger partial charge on any atom is -0.383 e. The van der Waals surface area contributed by atoms with E-state index in [1.54, 1.807) is 18.6 Å². The SMILES string of the molecule is CCN(CCOC)S(=O)(=O)c1csc(CNC)c1. The van der Waals surface area contributed by atoms with Crippen LogP contribution in [0, 0.1) is 0 Å². The molecule has 5 nitrogen and oxygen atoms in total. The van der Waals surface area contributed by atoms with E-state index in [-0.39, 0.29) is 0 Å². The third-order valence-electron chi connectivity index (χ3n) is 2.52. The van der Waals surface area contributed by atoms with Gasteiger partial charge in [0, 0.05) is 37.0 Å². The van der Waals surface area contributed by atoms with Crippen molar-refractivity contribution in [1.29, 1.82) is 0 Å². The molecule has 1 N–H and O–H groups in total. The van der Waals surface area contributed by atoms with Crippen LogP contribution in [0.25, 0.3) is 0 Å². The van der Waals surface area contributed by atoms with Crippen LogP contribution < -0.4 is 5.32 Å². The third-order valence-corrected chi connectivity index (χ3v) is 5.55. The molecule has 0 aliphatic carbocycles. The number of hydrogen-bond donors (Lipinski definition) is 1. The normalized spacial score (nSPS) is 12.2. The minimum absolute atomic E-state index is 0.371. The maximum absolute atomic E-state index is 12.3. The summed E-state index contributed by atoms with van der Waals surface area (Å²) >= 11 is 1.45. The van der Waals surface area contributed by atoms with Crippen molar-refractivity contribution in [3.8, 4) is 0 Å². The van der Waals surface area contributed by atoms with Gasteiger partial charge >= 0.3 is 0 Å². The highest BCUT2D eigenvalue weighted by Gasteiger charge is 2.23. The van der Waals surface area contributed by atoms with Crippen molar-refractivity contribution in [3.05, 3.63) is 16.3 Å². The van der Waals surface area contributed by atoms with Crippen molar-refractivity contribution in [2.24, 2.45) is 0 Å². The number of thiophene rings is 1. The molecule has 0 saturated heterocycles. The second kappa shape index (κ2) is 7.20. The van der Waals surface area contributed by atoms with Gasteiger partial charge in [-0.05, 0) is 13.1 Å². The van der Waals surface area contributed by atoms with Gasteiger partial charge in [-0.1, -0.05) is 6.92 Å². The summed E-state index contributed by atoms with van der Waals surface area (Å²) in [6.45, 7) is 3.74. The Kier molecular flexibility index (Phi) is 6.24. The number of ether oxygens (including phenoxy) is 1. The van der Waals surface area contributed by atoms with Crippen LogP contribution in [-0.4, -0.2) is 46.6 Å². The van der Waals surface area contributed by atoms with Gasteiger partial charge in [0.15, 0.2) is 0 Å². The molecule has 18 heavy (non-hydrogen) atoms. The highest BCUT2D eigenvalue weighted by Crippen LogP contribution is 2.22. The van der Waals surface area contributed by atoms with Crippen LogP contribution in [0.15, 0.2) is 16.3 Å². The molecular weight excluding hydrogens is 272 g/mol. The summed E-state index contributed by atoms with van der Waals surface area (Å²) in [5, 5.41) is 4.70. The van der Waals surface area contributed by atoms with Crippen LogP contribution in [0.3, 0.4) is 0 Å². The Morgan fingerprint density at radius 1 is 1.50 bits per heavy atom. The zero-order valence-electron chi connectivity index (χ0n) is 11.0. The van der Waals surface area contributed by atoms with E-state index < -0.39 is 10.0 Å². The quantitative estimate of drug-likeness (QED) is 0.780. The highest BCUT2D eigenvalue weighted by molar-refractivity contribution is 7.89. The Labute approximate surface area is 113 Å². The smallest absolute Gasteiger partial charge is 0.243 e. The van der Waals surface area contributed by atoms with Crippen LogP contribution in [0.5, 0.6) is 0 Å². The lowest BCUT2D eigenvalue weighted by atomic mass is 10.5. The fourth-order valence-electron chi connectivity index (χ4n) is 1.55. The fourth-order valence-corrected chi connectivity index (χ4v) is 4.26. The van der Waals surface area contributed by atoms with E-state index in [0.717, 1.165) is 4.88 Å². The Morgan fingerprint density at radius 2 is 2.22 bits per heavy atom. The van der Waals surface area contributed by atoms with Gasteiger partial charge in [0.25, 0.3) is 0 Å². The first-order valence-electron chi connectivity index (χ1n) is 5.77. The number of sulfonamides is 1. The molecule has 0 bridgehead atoms. The molecule has 0 spiro atoms. The molecule has 0 atom stereocenters. The average Bonchev–Trinajstić information content (AvgIpc) is 2.79. The molecule has 0 aliphatic rings. The first-order chi connectivity index (χ1) is 8.56. The first-order valence-corrected chi connectivity index (χ1v) is 8.09. The van der Waals surface area contributed by atoms with Gasteiger partial charge in [-0.15, -0.1) is 11.3 Å². The Morgan fingerprint density at radius 3 is 2.78 bits per heavy atom. The summed E-state index contributed by atoms with van der Waals surface area (Å²) in [5.74, 6) is 0. The summed E-state index contributed by atoms with van der Waals surface area (Å²) in [5.41, 5.74) is 0. The molecule has 0 aliphatic heterocycles. The molecule has 0 fully saturated rings. The molecule has 1 heterocycles. The van der Waals surface area contributed by atoms with Crippen molar-refractivity contribution in [2.75, 3.05) is 33.9 Å². The average molecular weight is 292 g/mol. The predicted octanol–water partition coefficient (Wildman–Crippen LogP) is 1.12. The van der Waals surface area contributed by atoms with Gasteiger partial charge in [-0.2, -0.15) is 4.31 Å². The van der Waals surface area contributed by atoms with Gasteiger partial charge < -0.3 is 10.1 Å². The molecule has 0 saturated carbocycles. The van der Waals surface area contributed by atoms with Crippen LogP contribution in [0.1, 0.15) is 11.8 Å². The van der Waals surface area contributed by atoms with Gasteiger partial charge in [0.05, 0.1) is 11.5 Å². The summed E-state index contributed by atoms with van der Waals surface area (Å²) in [6.07, 6.45) is 0. The molecule has 1 aromatic heterocycles. The van der Waals surface area contributed by atoms with Crippen molar-refractivity contribution in [2.45, 2.75) is 18.4 Å². The second-order valence-corrected chi connectivity index (χ2v) is 6.70. The van der Waals surface area contributed by atoms with Gasteiger partial charge in [0.2, 0.25) is 10.0 Å². The lowest BCUT2D eigenvalue weighted by molar-refractivity contribution is 0.180. The molecule has 7 heteroatoms. The predicted molar refractivity (Wildman–Crippen MR) is 73.4 cm³/mol. The highest BCUT2D eigenvalue weighted by atomic mass is 32.2. The van der Waals surface area contributed by atoms with E-state index in [9.17, 15) is 8.42 Å². The second-order valence-electron chi connectivity index (χ2n) is 3.77. The number of nitrogens with one attached hydrogen (secondary N) is 1. The van der Waals surface area contributed by atoms with E-state index >= 15 is 0 Å². The zero-order valence-corrected chi connectivity index (χ0v) is 12.6. The molecule has 1 aromatic rings. The molecule has 0 unspecified atom stereocenters. The fraction of sp³-hybridized carbons (Fsp3) is 0.636. The zero-order chi connectivity index (χ0) is 13.6. The lowest BCUT2D eigenvalue weighted by Gasteiger charge is -2.19. The molecule has 0 radical (unpaired) electrons. The van der Waals surface area contributed by atoms with E-state index in [1.165, 1.54) is 15.6 Å². The molecule has 104 valence electrons. The summed E-state index contributed by atoms with van der Waals surface area (Å²) < 4.78 is 31.1. The summed E-state index contributed by atoms with van der Waals surface area (Å²) in [6, 6.07) is 1.73. The molecule has 0 amide bonds. The molecule has 1 rings (SSSR count). The summed E-state index contributed by atoms with van der Waals surface area (Å²) in [4.78, 5) is 1.38.